The van der Waals surface area contributed by atoms with E-state index in [-0.39, 0.29) is 5.41 Å². The molecule has 1 fully saturated rings. The summed E-state index contributed by atoms with van der Waals surface area (Å²) in [6.07, 6.45) is 5.18. The van der Waals surface area contributed by atoms with Crippen molar-refractivity contribution in [2.24, 2.45) is 0 Å². The summed E-state index contributed by atoms with van der Waals surface area (Å²) in [5.41, 5.74) is 2.69. The lowest BCUT2D eigenvalue weighted by Gasteiger charge is -2.18. The molecule has 0 saturated heterocycles. The van der Waals surface area contributed by atoms with Crippen molar-refractivity contribution in [1.29, 1.82) is 0 Å². The predicted octanol–water partition coefficient (Wildman–Crippen LogP) is 4.86. The number of rotatable bonds is 3. The molecule has 4 heteroatoms. The third kappa shape index (κ3) is 3.43. The van der Waals surface area contributed by atoms with E-state index in [1.54, 1.807) is 11.3 Å². The molecule has 0 amide bonds. The van der Waals surface area contributed by atoms with Crippen LogP contribution in [-0.2, 0) is 5.41 Å². The van der Waals surface area contributed by atoms with Gasteiger partial charge in [-0.3, -0.25) is 0 Å². The molecular weight excluding hydrogens is 278 g/mol. The van der Waals surface area contributed by atoms with Crippen LogP contribution in [-0.4, -0.2) is 16.2 Å². The average molecular weight is 301 g/mol. The van der Waals surface area contributed by atoms with Crippen LogP contribution in [0.5, 0.6) is 0 Å². The standard InChI is InChI=1S/C17H23N3S/c1-17(2,3)13-10-8-12(9-11-13)15-19-20-16(21-15)18-14-6-4-5-7-14/h8-11,14H,4-7H2,1-3H3,(H,18,20). The van der Waals surface area contributed by atoms with Crippen molar-refractivity contribution >= 4 is 16.5 Å². The molecule has 1 aromatic carbocycles. The molecule has 1 N–H and O–H groups in total. The van der Waals surface area contributed by atoms with Gasteiger partial charge in [-0.05, 0) is 23.8 Å². The van der Waals surface area contributed by atoms with Crippen molar-refractivity contribution in [3.8, 4) is 10.6 Å². The third-order valence-electron chi connectivity index (χ3n) is 4.11. The lowest BCUT2D eigenvalue weighted by atomic mass is 9.87. The van der Waals surface area contributed by atoms with Crippen LogP contribution in [0.15, 0.2) is 24.3 Å². The van der Waals surface area contributed by atoms with Crippen LogP contribution in [0.3, 0.4) is 0 Å². The highest BCUT2D eigenvalue weighted by Crippen LogP contribution is 2.30. The number of aromatic nitrogens is 2. The van der Waals surface area contributed by atoms with Gasteiger partial charge in [0.1, 0.15) is 5.01 Å². The van der Waals surface area contributed by atoms with Crippen molar-refractivity contribution in [3.63, 3.8) is 0 Å². The average Bonchev–Trinajstić information content (AvgIpc) is 3.10. The first-order valence-corrected chi connectivity index (χ1v) is 8.55. The third-order valence-corrected chi connectivity index (χ3v) is 5.01. The number of nitrogens with zero attached hydrogens (tertiary/aromatic N) is 2. The smallest absolute Gasteiger partial charge is 0.206 e. The van der Waals surface area contributed by atoms with Gasteiger partial charge in [-0.1, -0.05) is 69.2 Å². The van der Waals surface area contributed by atoms with Crippen molar-refractivity contribution < 1.29 is 0 Å². The van der Waals surface area contributed by atoms with Gasteiger partial charge in [0, 0.05) is 11.6 Å². The van der Waals surface area contributed by atoms with Gasteiger partial charge in [-0.2, -0.15) is 0 Å². The second-order valence-corrected chi connectivity index (χ2v) is 7.84. The van der Waals surface area contributed by atoms with E-state index in [0.717, 1.165) is 15.7 Å². The normalized spacial score (nSPS) is 16.3. The van der Waals surface area contributed by atoms with E-state index in [9.17, 15) is 0 Å². The van der Waals surface area contributed by atoms with Crippen molar-refractivity contribution in [2.75, 3.05) is 5.32 Å². The van der Waals surface area contributed by atoms with Gasteiger partial charge in [0.2, 0.25) is 5.13 Å². The molecular formula is C17H23N3S. The summed E-state index contributed by atoms with van der Waals surface area (Å²) in [6.45, 7) is 6.70. The van der Waals surface area contributed by atoms with Gasteiger partial charge >= 0.3 is 0 Å². The largest absolute Gasteiger partial charge is 0.357 e. The Hall–Kier alpha value is -1.42. The minimum Gasteiger partial charge on any atom is -0.357 e. The Bertz CT molecular complexity index is 589. The van der Waals surface area contributed by atoms with Crippen molar-refractivity contribution in [3.05, 3.63) is 29.8 Å². The molecule has 1 heterocycles. The molecule has 1 aromatic heterocycles. The Morgan fingerprint density at radius 2 is 1.71 bits per heavy atom. The Labute approximate surface area is 130 Å². The molecule has 2 aromatic rings. The predicted molar refractivity (Wildman–Crippen MR) is 89.9 cm³/mol. The van der Waals surface area contributed by atoms with Crippen LogP contribution in [0.4, 0.5) is 5.13 Å². The summed E-state index contributed by atoms with van der Waals surface area (Å²) in [7, 11) is 0. The fourth-order valence-electron chi connectivity index (χ4n) is 2.76. The maximum atomic E-state index is 4.33. The number of anilines is 1. The van der Waals surface area contributed by atoms with E-state index in [2.05, 4.69) is 60.6 Å². The molecule has 3 nitrogen and oxygen atoms in total. The van der Waals surface area contributed by atoms with Crippen LogP contribution >= 0.6 is 11.3 Å². The fourth-order valence-corrected chi connectivity index (χ4v) is 3.58. The first-order chi connectivity index (χ1) is 10.0. The summed E-state index contributed by atoms with van der Waals surface area (Å²) in [5.74, 6) is 0. The van der Waals surface area contributed by atoms with Gasteiger partial charge in [-0.15, -0.1) is 10.2 Å². The van der Waals surface area contributed by atoms with Crippen LogP contribution < -0.4 is 5.32 Å². The molecule has 1 saturated carbocycles. The minimum absolute atomic E-state index is 0.189. The first kappa shape index (κ1) is 14.5. The summed E-state index contributed by atoms with van der Waals surface area (Å²) < 4.78 is 0. The van der Waals surface area contributed by atoms with E-state index < -0.39 is 0 Å². The number of benzene rings is 1. The van der Waals surface area contributed by atoms with E-state index in [0.29, 0.717) is 6.04 Å². The van der Waals surface area contributed by atoms with Crippen molar-refractivity contribution in [1.82, 2.24) is 10.2 Å². The minimum atomic E-state index is 0.189. The SMILES string of the molecule is CC(C)(C)c1ccc(-c2nnc(NC3CCCC3)s2)cc1. The van der Waals surface area contributed by atoms with Gasteiger partial charge in [-0.25, -0.2) is 0 Å². The molecule has 21 heavy (non-hydrogen) atoms. The Kier molecular flexibility index (Phi) is 3.98. The Morgan fingerprint density at radius 1 is 1.05 bits per heavy atom. The number of hydrogen-bond donors (Lipinski definition) is 1. The molecule has 0 aliphatic heterocycles. The highest BCUT2D eigenvalue weighted by Gasteiger charge is 2.17. The number of hydrogen-bond acceptors (Lipinski definition) is 4. The van der Waals surface area contributed by atoms with Gasteiger partial charge in [0.25, 0.3) is 0 Å². The lowest BCUT2D eigenvalue weighted by molar-refractivity contribution is 0.590. The first-order valence-electron chi connectivity index (χ1n) is 7.73. The van der Waals surface area contributed by atoms with E-state index in [4.69, 9.17) is 0 Å². The van der Waals surface area contributed by atoms with Crippen LogP contribution in [0.25, 0.3) is 10.6 Å². The molecule has 1 aliphatic carbocycles. The van der Waals surface area contributed by atoms with E-state index >= 15 is 0 Å². The molecule has 0 spiro atoms. The van der Waals surface area contributed by atoms with Crippen molar-refractivity contribution in [2.45, 2.75) is 57.9 Å². The van der Waals surface area contributed by atoms with Gasteiger partial charge in [0.15, 0.2) is 0 Å². The second-order valence-electron chi connectivity index (χ2n) is 6.87. The molecule has 1 aliphatic rings. The molecule has 112 valence electrons. The Balaban J connectivity index is 1.73. The Morgan fingerprint density at radius 3 is 2.33 bits per heavy atom. The monoisotopic (exact) mass is 301 g/mol. The molecule has 0 bridgehead atoms. The maximum Gasteiger partial charge on any atom is 0.206 e. The molecule has 3 rings (SSSR count). The summed E-state index contributed by atoms with van der Waals surface area (Å²) in [5, 5.41) is 14.1. The maximum absolute atomic E-state index is 4.33. The lowest BCUT2D eigenvalue weighted by Crippen LogP contribution is -2.13. The van der Waals surface area contributed by atoms with Gasteiger partial charge in [0.05, 0.1) is 0 Å². The van der Waals surface area contributed by atoms with Gasteiger partial charge < -0.3 is 5.32 Å². The highest BCUT2D eigenvalue weighted by atomic mass is 32.1. The summed E-state index contributed by atoms with van der Waals surface area (Å²) >= 11 is 1.65. The highest BCUT2D eigenvalue weighted by molar-refractivity contribution is 7.18. The topological polar surface area (TPSA) is 37.8 Å². The summed E-state index contributed by atoms with van der Waals surface area (Å²) in [6, 6.07) is 9.29. The van der Waals surface area contributed by atoms with E-state index in [1.165, 1.54) is 31.2 Å². The zero-order chi connectivity index (χ0) is 14.9. The molecule has 0 radical (unpaired) electrons. The number of nitrogens with one attached hydrogen (secondary N) is 1. The quantitative estimate of drug-likeness (QED) is 0.880. The van der Waals surface area contributed by atoms with Crippen LogP contribution in [0.1, 0.15) is 52.0 Å². The van der Waals surface area contributed by atoms with Crippen LogP contribution in [0, 0.1) is 0 Å². The zero-order valence-corrected chi connectivity index (χ0v) is 13.8. The van der Waals surface area contributed by atoms with E-state index in [1.807, 2.05) is 0 Å². The molecule has 0 atom stereocenters. The van der Waals surface area contributed by atoms with Crippen LogP contribution in [0.2, 0.25) is 0 Å². The second kappa shape index (κ2) is 5.76. The fraction of sp³-hybridized carbons (Fsp3) is 0.529. The summed E-state index contributed by atoms with van der Waals surface area (Å²) in [4.78, 5) is 0. The zero-order valence-electron chi connectivity index (χ0n) is 13.0. The molecule has 0 unspecified atom stereocenters.